The first-order chi connectivity index (χ1) is 12.5. The highest BCUT2D eigenvalue weighted by Crippen LogP contribution is 2.24. The summed E-state index contributed by atoms with van der Waals surface area (Å²) in [5, 5.41) is 2.61. The van der Waals surface area contributed by atoms with Crippen LogP contribution in [0.5, 0.6) is 0 Å². The molecule has 0 aliphatic carbocycles. The average molecular weight is 388 g/mol. The second kappa shape index (κ2) is 7.80. The van der Waals surface area contributed by atoms with Crippen LogP contribution in [0.3, 0.4) is 0 Å². The number of sulfonamides is 1. The van der Waals surface area contributed by atoms with Crippen molar-refractivity contribution in [2.75, 3.05) is 10.8 Å². The van der Waals surface area contributed by atoms with Gasteiger partial charge in [0.15, 0.2) is 0 Å². The van der Waals surface area contributed by atoms with Crippen LogP contribution in [0.4, 0.5) is 10.1 Å². The molecule has 5 nitrogen and oxygen atoms in total. The number of aryl methyl sites for hydroxylation is 1. The van der Waals surface area contributed by atoms with Gasteiger partial charge in [0.25, 0.3) is 10.0 Å². The summed E-state index contributed by atoms with van der Waals surface area (Å²) in [6.45, 7) is 4.67. The summed E-state index contributed by atoms with van der Waals surface area (Å²) in [5.41, 5.74) is 0.338. The Morgan fingerprint density at radius 1 is 1.15 bits per heavy atom. The Kier molecular flexibility index (Phi) is 5.91. The molecule has 0 aliphatic heterocycles. The number of carbonyl (C=O) groups is 1. The fraction of sp³-hybridized carbons (Fsp3) is 0.250. The molecule has 0 saturated heterocycles. The second-order valence-electron chi connectivity index (χ2n) is 6.62. The Balaban J connectivity index is 2.44. The van der Waals surface area contributed by atoms with Crippen molar-refractivity contribution in [3.05, 3.63) is 59.9 Å². The van der Waals surface area contributed by atoms with E-state index in [1.165, 1.54) is 0 Å². The standard InChI is InChI=1S/C20H21FN2O3S/c1-5-20(3,4)22-19(24)14-23(17-10-6-15(2)7-11-17)27(25,26)18-12-8-16(21)9-13-18/h1,6-13H,14H2,2-4H3,(H,22,24). The van der Waals surface area contributed by atoms with Gasteiger partial charge < -0.3 is 5.32 Å². The number of nitrogens with zero attached hydrogens (tertiary/aromatic N) is 1. The molecule has 1 amide bonds. The van der Waals surface area contributed by atoms with E-state index in [9.17, 15) is 17.6 Å². The van der Waals surface area contributed by atoms with E-state index in [2.05, 4.69) is 11.2 Å². The zero-order chi connectivity index (χ0) is 20.2. The number of rotatable bonds is 6. The third-order valence-electron chi connectivity index (χ3n) is 3.82. The number of terminal acetylenes is 1. The van der Waals surface area contributed by atoms with Crippen LogP contribution in [-0.2, 0) is 14.8 Å². The maximum absolute atomic E-state index is 13.2. The summed E-state index contributed by atoms with van der Waals surface area (Å²) in [7, 11) is -4.09. The lowest BCUT2D eigenvalue weighted by Crippen LogP contribution is -2.48. The largest absolute Gasteiger partial charge is 0.339 e. The van der Waals surface area contributed by atoms with Gasteiger partial charge in [-0.1, -0.05) is 23.6 Å². The fourth-order valence-corrected chi connectivity index (χ4v) is 3.74. The van der Waals surface area contributed by atoms with Crippen molar-refractivity contribution >= 4 is 21.6 Å². The summed E-state index contributed by atoms with van der Waals surface area (Å²) in [5.74, 6) is 1.32. The van der Waals surface area contributed by atoms with Crippen LogP contribution in [0, 0.1) is 25.1 Å². The van der Waals surface area contributed by atoms with E-state index in [-0.39, 0.29) is 4.90 Å². The molecule has 0 spiro atoms. The van der Waals surface area contributed by atoms with Crippen LogP contribution in [0.2, 0.25) is 0 Å². The van der Waals surface area contributed by atoms with Crippen LogP contribution in [-0.4, -0.2) is 26.4 Å². The van der Waals surface area contributed by atoms with Crippen LogP contribution in [0.15, 0.2) is 53.4 Å². The van der Waals surface area contributed by atoms with E-state index in [0.717, 1.165) is 34.1 Å². The molecule has 142 valence electrons. The summed E-state index contributed by atoms with van der Waals surface area (Å²) < 4.78 is 40.3. The number of halogens is 1. The van der Waals surface area contributed by atoms with Crippen LogP contribution in [0.1, 0.15) is 19.4 Å². The molecular weight excluding hydrogens is 367 g/mol. The maximum atomic E-state index is 13.2. The predicted molar refractivity (Wildman–Crippen MR) is 103 cm³/mol. The van der Waals surface area contributed by atoms with Crippen molar-refractivity contribution in [3.63, 3.8) is 0 Å². The first-order valence-electron chi connectivity index (χ1n) is 8.19. The molecule has 0 aliphatic rings. The number of amides is 1. The van der Waals surface area contributed by atoms with Crippen LogP contribution >= 0.6 is 0 Å². The van der Waals surface area contributed by atoms with E-state index >= 15 is 0 Å². The molecular formula is C20H21FN2O3S. The van der Waals surface area contributed by atoms with Gasteiger partial charge in [-0.05, 0) is 57.2 Å². The van der Waals surface area contributed by atoms with Gasteiger partial charge in [0, 0.05) is 0 Å². The monoisotopic (exact) mass is 388 g/mol. The quantitative estimate of drug-likeness (QED) is 0.774. The van der Waals surface area contributed by atoms with Gasteiger partial charge in [0.2, 0.25) is 5.91 Å². The van der Waals surface area contributed by atoms with E-state index in [4.69, 9.17) is 6.42 Å². The lowest BCUT2D eigenvalue weighted by Gasteiger charge is -2.26. The number of nitrogens with one attached hydrogen (secondary N) is 1. The Morgan fingerprint density at radius 3 is 2.22 bits per heavy atom. The van der Waals surface area contributed by atoms with Gasteiger partial charge in [0.05, 0.1) is 16.1 Å². The number of benzene rings is 2. The Labute approximate surface area is 159 Å². The molecule has 0 bridgehead atoms. The molecule has 0 unspecified atom stereocenters. The zero-order valence-corrected chi connectivity index (χ0v) is 16.2. The zero-order valence-electron chi connectivity index (χ0n) is 15.4. The third kappa shape index (κ3) is 5.08. The average Bonchev–Trinajstić information content (AvgIpc) is 2.60. The minimum absolute atomic E-state index is 0.117. The van der Waals surface area contributed by atoms with Crippen molar-refractivity contribution < 1.29 is 17.6 Å². The summed E-state index contributed by atoms with van der Waals surface area (Å²) in [6, 6.07) is 11.1. The molecule has 2 rings (SSSR count). The van der Waals surface area contributed by atoms with Crippen molar-refractivity contribution in [3.8, 4) is 12.3 Å². The van der Waals surface area contributed by atoms with Gasteiger partial charge in [-0.15, -0.1) is 6.42 Å². The second-order valence-corrected chi connectivity index (χ2v) is 8.48. The van der Waals surface area contributed by atoms with Gasteiger partial charge in [-0.2, -0.15) is 0 Å². The predicted octanol–water partition coefficient (Wildman–Crippen LogP) is 2.86. The van der Waals surface area contributed by atoms with E-state index in [1.54, 1.807) is 38.1 Å². The first kappa shape index (κ1) is 20.5. The molecule has 0 radical (unpaired) electrons. The normalized spacial score (nSPS) is 11.5. The Hall–Kier alpha value is -2.85. The number of hydrogen-bond acceptors (Lipinski definition) is 3. The molecule has 0 aromatic heterocycles. The maximum Gasteiger partial charge on any atom is 0.264 e. The van der Waals surface area contributed by atoms with E-state index in [1.807, 2.05) is 6.92 Å². The number of carbonyl (C=O) groups excluding carboxylic acids is 1. The molecule has 1 N–H and O–H groups in total. The van der Waals surface area contributed by atoms with E-state index < -0.39 is 33.8 Å². The molecule has 0 heterocycles. The highest BCUT2D eigenvalue weighted by atomic mass is 32.2. The molecule has 0 saturated carbocycles. The molecule has 0 atom stereocenters. The van der Waals surface area contributed by atoms with Crippen LogP contribution in [0.25, 0.3) is 0 Å². The highest BCUT2D eigenvalue weighted by molar-refractivity contribution is 7.92. The molecule has 27 heavy (non-hydrogen) atoms. The summed E-state index contributed by atoms with van der Waals surface area (Å²) >= 11 is 0. The number of hydrogen-bond donors (Lipinski definition) is 1. The Bertz CT molecular complexity index is 960. The molecule has 0 fully saturated rings. The van der Waals surface area contributed by atoms with Crippen molar-refractivity contribution in [2.45, 2.75) is 31.2 Å². The van der Waals surface area contributed by atoms with Crippen molar-refractivity contribution in [2.24, 2.45) is 0 Å². The summed E-state index contributed by atoms with van der Waals surface area (Å²) in [6.07, 6.45) is 5.37. The Morgan fingerprint density at radius 2 is 1.70 bits per heavy atom. The molecule has 2 aromatic carbocycles. The molecule has 2 aromatic rings. The fourth-order valence-electron chi connectivity index (χ4n) is 2.31. The van der Waals surface area contributed by atoms with Crippen molar-refractivity contribution in [1.82, 2.24) is 5.32 Å². The van der Waals surface area contributed by atoms with Crippen molar-refractivity contribution in [1.29, 1.82) is 0 Å². The topological polar surface area (TPSA) is 66.5 Å². The van der Waals surface area contributed by atoms with Gasteiger partial charge in [-0.3, -0.25) is 9.10 Å². The van der Waals surface area contributed by atoms with Crippen LogP contribution < -0.4 is 9.62 Å². The van der Waals surface area contributed by atoms with Gasteiger partial charge >= 0.3 is 0 Å². The van der Waals surface area contributed by atoms with E-state index in [0.29, 0.717) is 5.69 Å². The summed E-state index contributed by atoms with van der Waals surface area (Å²) in [4.78, 5) is 12.3. The highest BCUT2D eigenvalue weighted by Gasteiger charge is 2.28. The first-order valence-corrected chi connectivity index (χ1v) is 9.63. The van der Waals surface area contributed by atoms with Gasteiger partial charge in [0.1, 0.15) is 12.4 Å². The van der Waals surface area contributed by atoms with Gasteiger partial charge in [-0.25, -0.2) is 12.8 Å². The minimum Gasteiger partial charge on any atom is -0.339 e. The lowest BCUT2D eigenvalue weighted by molar-refractivity contribution is -0.120. The third-order valence-corrected chi connectivity index (χ3v) is 5.61. The SMILES string of the molecule is C#CC(C)(C)NC(=O)CN(c1ccc(C)cc1)S(=O)(=O)c1ccc(F)cc1. The minimum atomic E-state index is -4.09. The number of anilines is 1. The lowest BCUT2D eigenvalue weighted by atomic mass is 10.1. The smallest absolute Gasteiger partial charge is 0.264 e. The molecule has 7 heteroatoms.